The topological polar surface area (TPSA) is 108 Å². The van der Waals surface area contributed by atoms with Crippen molar-refractivity contribution < 1.29 is 9.59 Å². The predicted molar refractivity (Wildman–Crippen MR) is 138 cm³/mol. The number of carbonyl (C=O) groups is 2. The molecule has 3 heterocycles. The summed E-state index contributed by atoms with van der Waals surface area (Å²) in [5.74, 6) is 0.890. The monoisotopic (exact) mass is 510 g/mol. The lowest BCUT2D eigenvalue weighted by molar-refractivity contribution is -0.121. The van der Waals surface area contributed by atoms with Crippen molar-refractivity contribution in [3.63, 3.8) is 0 Å². The standard InChI is InChI=1S/C25H31ClN8O2/c1-3-8-28-25(36)32-11-12-34(22-14-21(26)30-24(31-22)33-10-9-27-17-33)20(16-32)13-23(35)29-15-19-6-4-18(2)5-7-19/h4-7,9-10,14,17,20H,3,8,11-13,15-16H2,1-2H3,(H,28,36)(H,29,35). The zero-order chi connectivity index (χ0) is 25.5. The summed E-state index contributed by atoms with van der Waals surface area (Å²) in [5, 5.41) is 6.22. The van der Waals surface area contributed by atoms with E-state index in [1.807, 2.05) is 43.0 Å². The molecule has 36 heavy (non-hydrogen) atoms. The highest BCUT2D eigenvalue weighted by Crippen LogP contribution is 2.24. The van der Waals surface area contributed by atoms with Crippen molar-refractivity contribution in [3.8, 4) is 5.95 Å². The van der Waals surface area contributed by atoms with Crippen LogP contribution < -0.4 is 15.5 Å². The van der Waals surface area contributed by atoms with E-state index in [9.17, 15) is 9.59 Å². The molecular weight excluding hydrogens is 480 g/mol. The van der Waals surface area contributed by atoms with Gasteiger partial charge in [0, 0.05) is 57.6 Å². The van der Waals surface area contributed by atoms with Gasteiger partial charge in [0.2, 0.25) is 11.9 Å². The van der Waals surface area contributed by atoms with Gasteiger partial charge < -0.3 is 20.4 Å². The second kappa shape index (κ2) is 11.9. The maximum absolute atomic E-state index is 13.0. The number of imidazole rings is 1. The van der Waals surface area contributed by atoms with Crippen LogP contribution in [0.1, 0.15) is 30.9 Å². The van der Waals surface area contributed by atoms with E-state index >= 15 is 0 Å². The summed E-state index contributed by atoms with van der Waals surface area (Å²) in [4.78, 5) is 42.5. The van der Waals surface area contributed by atoms with Crippen LogP contribution >= 0.6 is 11.6 Å². The van der Waals surface area contributed by atoms with Crippen LogP contribution in [0.3, 0.4) is 0 Å². The van der Waals surface area contributed by atoms with Gasteiger partial charge in [-0.2, -0.15) is 4.98 Å². The lowest BCUT2D eigenvalue weighted by atomic mass is 10.1. The smallest absolute Gasteiger partial charge is 0.317 e. The maximum atomic E-state index is 13.0. The number of hydrogen-bond acceptors (Lipinski definition) is 6. The Labute approximate surface area is 215 Å². The number of hydrogen-bond donors (Lipinski definition) is 2. The molecule has 190 valence electrons. The zero-order valence-electron chi connectivity index (χ0n) is 20.5. The van der Waals surface area contributed by atoms with E-state index in [2.05, 4.69) is 25.6 Å². The number of nitrogens with one attached hydrogen (secondary N) is 2. The maximum Gasteiger partial charge on any atom is 0.317 e. The minimum atomic E-state index is -0.286. The summed E-state index contributed by atoms with van der Waals surface area (Å²) in [6.07, 6.45) is 6.03. The fourth-order valence-corrected chi connectivity index (χ4v) is 4.26. The highest BCUT2D eigenvalue weighted by Gasteiger charge is 2.32. The highest BCUT2D eigenvalue weighted by atomic mass is 35.5. The van der Waals surface area contributed by atoms with Gasteiger partial charge in [-0.15, -0.1) is 0 Å². The minimum Gasteiger partial charge on any atom is -0.352 e. The van der Waals surface area contributed by atoms with Crippen LogP contribution in [0.25, 0.3) is 5.95 Å². The zero-order valence-corrected chi connectivity index (χ0v) is 21.3. The fourth-order valence-electron chi connectivity index (χ4n) is 4.09. The van der Waals surface area contributed by atoms with Gasteiger partial charge >= 0.3 is 6.03 Å². The molecular formula is C25H31ClN8O2. The molecule has 1 aliphatic heterocycles. The van der Waals surface area contributed by atoms with Gasteiger partial charge in [-0.05, 0) is 18.9 Å². The van der Waals surface area contributed by atoms with Gasteiger partial charge in [0.15, 0.2) is 0 Å². The van der Waals surface area contributed by atoms with E-state index in [0.29, 0.717) is 44.5 Å². The summed E-state index contributed by atoms with van der Waals surface area (Å²) in [7, 11) is 0. The number of rotatable bonds is 8. The minimum absolute atomic E-state index is 0.101. The van der Waals surface area contributed by atoms with Crippen molar-refractivity contribution in [3.05, 3.63) is 65.3 Å². The summed E-state index contributed by atoms with van der Waals surface area (Å²) in [5.41, 5.74) is 2.20. The first-order valence-corrected chi connectivity index (χ1v) is 12.4. The van der Waals surface area contributed by atoms with Crippen molar-refractivity contribution >= 4 is 29.4 Å². The van der Waals surface area contributed by atoms with Gasteiger partial charge in [-0.3, -0.25) is 9.36 Å². The largest absolute Gasteiger partial charge is 0.352 e. The fraction of sp³-hybridized carbons (Fsp3) is 0.400. The van der Waals surface area contributed by atoms with E-state index in [-0.39, 0.29) is 29.6 Å². The van der Waals surface area contributed by atoms with E-state index in [4.69, 9.17) is 11.6 Å². The number of piperazine rings is 1. The second-order valence-electron chi connectivity index (χ2n) is 8.81. The van der Waals surface area contributed by atoms with Gasteiger partial charge in [0.05, 0.1) is 6.04 Å². The van der Waals surface area contributed by atoms with Crippen LogP contribution in [0.5, 0.6) is 0 Å². The van der Waals surface area contributed by atoms with E-state index in [0.717, 1.165) is 12.0 Å². The molecule has 0 spiro atoms. The molecule has 0 radical (unpaired) electrons. The predicted octanol–water partition coefficient (Wildman–Crippen LogP) is 2.94. The molecule has 0 aliphatic carbocycles. The first-order chi connectivity index (χ1) is 17.4. The third-order valence-electron chi connectivity index (χ3n) is 6.03. The van der Waals surface area contributed by atoms with Crippen LogP contribution in [-0.4, -0.2) is 68.6 Å². The van der Waals surface area contributed by atoms with Gasteiger partial charge in [-0.25, -0.2) is 14.8 Å². The number of aromatic nitrogens is 4. The molecule has 4 rings (SSSR count). The Balaban J connectivity index is 1.52. The van der Waals surface area contributed by atoms with Crippen LogP contribution in [0.2, 0.25) is 5.15 Å². The van der Waals surface area contributed by atoms with Crippen molar-refractivity contribution in [1.29, 1.82) is 0 Å². The molecule has 2 N–H and O–H groups in total. The second-order valence-corrected chi connectivity index (χ2v) is 9.20. The lowest BCUT2D eigenvalue weighted by Crippen LogP contribution is -2.58. The molecule has 3 aromatic rings. The van der Waals surface area contributed by atoms with Crippen LogP contribution in [0, 0.1) is 6.92 Å². The third-order valence-corrected chi connectivity index (χ3v) is 6.22. The molecule has 1 aliphatic rings. The molecule has 11 heteroatoms. The SMILES string of the molecule is CCCNC(=O)N1CCN(c2cc(Cl)nc(-n3ccnc3)n2)C(CC(=O)NCc2ccc(C)cc2)C1. The molecule has 0 bridgehead atoms. The van der Waals surface area contributed by atoms with Crippen molar-refractivity contribution in [1.82, 2.24) is 35.1 Å². The van der Waals surface area contributed by atoms with E-state index in [1.54, 1.807) is 34.3 Å². The van der Waals surface area contributed by atoms with E-state index < -0.39 is 0 Å². The number of benzene rings is 1. The van der Waals surface area contributed by atoms with Crippen molar-refractivity contribution in [2.75, 3.05) is 31.1 Å². The number of amides is 3. The van der Waals surface area contributed by atoms with Crippen LogP contribution in [0.15, 0.2) is 49.1 Å². The Bertz CT molecular complexity index is 1170. The molecule has 10 nitrogen and oxygen atoms in total. The van der Waals surface area contributed by atoms with Gasteiger partial charge in [0.25, 0.3) is 0 Å². The van der Waals surface area contributed by atoms with E-state index in [1.165, 1.54) is 5.56 Å². The Morgan fingerprint density at radius 3 is 2.67 bits per heavy atom. The lowest BCUT2D eigenvalue weighted by Gasteiger charge is -2.42. The summed E-state index contributed by atoms with van der Waals surface area (Å²) < 4.78 is 1.67. The molecule has 1 atom stereocenters. The molecule has 3 amide bonds. The number of carbonyl (C=O) groups excluding carboxylic acids is 2. The number of urea groups is 1. The third kappa shape index (κ3) is 6.51. The molecule has 0 saturated carbocycles. The average Bonchev–Trinajstić information content (AvgIpc) is 3.42. The van der Waals surface area contributed by atoms with Crippen LogP contribution in [-0.2, 0) is 11.3 Å². The molecule has 2 aromatic heterocycles. The Kier molecular flexibility index (Phi) is 8.37. The first-order valence-electron chi connectivity index (χ1n) is 12.1. The van der Waals surface area contributed by atoms with Crippen molar-refractivity contribution in [2.45, 2.75) is 39.3 Å². The Morgan fingerprint density at radius 1 is 1.14 bits per heavy atom. The normalized spacial score (nSPS) is 15.6. The number of anilines is 1. The van der Waals surface area contributed by atoms with Crippen LogP contribution in [0.4, 0.5) is 10.6 Å². The Morgan fingerprint density at radius 2 is 1.94 bits per heavy atom. The summed E-state index contributed by atoms with van der Waals surface area (Å²) >= 11 is 6.34. The summed E-state index contributed by atoms with van der Waals surface area (Å²) in [6, 6.07) is 9.33. The van der Waals surface area contributed by atoms with Gasteiger partial charge in [-0.1, -0.05) is 48.4 Å². The number of nitrogens with zero attached hydrogens (tertiary/aromatic N) is 6. The number of aryl methyl sites for hydroxylation is 1. The van der Waals surface area contributed by atoms with Crippen molar-refractivity contribution in [2.24, 2.45) is 0 Å². The average molecular weight is 511 g/mol. The molecule has 1 aromatic carbocycles. The first kappa shape index (κ1) is 25.4. The Hall–Kier alpha value is -3.66. The quantitative estimate of drug-likeness (QED) is 0.451. The molecule has 1 fully saturated rings. The molecule has 1 unspecified atom stereocenters. The molecule has 1 saturated heterocycles. The highest BCUT2D eigenvalue weighted by molar-refractivity contribution is 6.29. The summed E-state index contributed by atoms with van der Waals surface area (Å²) in [6.45, 7) is 6.48. The van der Waals surface area contributed by atoms with Gasteiger partial charge in [0.1, 0.15) is 17.3 Å². The number of halogens is 1.